The zero-order valence-electron chi connectivity index (χ0n) is 8.54. The fraction of sp³-hybridized carbons (Fsp3) is 0.900. The minimum atomic E-state index is 0.0949. The molecule has 0 aromatic carbocycles. The van der Waals surface area contributed by atoms with Gasteiger partial charge < -0.3 is 4.74 Å². The van der Waals surface area contributed by atoms with E-state index in [0.29, 0.717) is 18.3 Å². The van der Waals surface area contributed by atoms with Crippen LogP contribution in [0, 0.1) is 11.8 Å². The van der Waals surface area contributed by atoms with Gasteiger partial charge >= 0.3 is 0 Å². The molecule has 0 aliphatic heterocycles. The van der Waals surface area contributed by atoms with Crippen molar-refractivity contribution in [3.8, 4) is 0 Å². The lowest BCUT2D eigenvalue weighted by Gasteiger charge is -2.21. The van der Waals surface area contributed by atoms with Gasteiger partial charge in [-0.2, -0.15) is 0 Å². The van der Waals surface area contributed by atoms with E-state index in [0.717, 1.165) is 12.8 Å². The molecule has 0 saturated carbocycles. The Hall–Kier alpha value is -0.530. The quantitative estimate of drug-likeness (QED) is 0.576. The molecule has 2 unspecified atom stereocenters. The zero-order chi connectivity index (χ0) is 9.56. The number of carbonyl (C=O) groups excluding carboxylic acids is 1. The molecule has 0 aliphatic carbocycles. The third-order valence-corrected chi connectivity index (χ3v) is 2.31. The number of hydrogen-bond donors (Lipinski definition) is 0. The van der Waals surface area contributed by atoms with Gasteiger partial charge in [0.15, 0.2) is 0 Å². The Labute approximate surface area is 75.3 Å². The lowest BCUT2D eigenvalue weighted by molar-refractivity contribution is -0.136. The summed E-state index contributed by atoms with van der Waals surface area (Å²) in [6.45, 7) is 9.06. The van der Waals surface area contributed by atoms with E-state index in [-0.39, 0.29) is 6.10 Å². The molecule has 0 radical (unpaired) electrons. The highest BCUT2D eigenvalue weighted by atomic mass is 16.5. The van der Waals surface area contributed by atoms with Crippen LogP contribution in [0.3, 0.4) is 0 Å². The molecule has 0 bridgehead atoms. The second kappa shape index (κ2) is 6.04. The van der Waals surface area contributed by atoms with Gasteiger partial charge in [0, 0.05) is 0 Å². The SMILES string of the molecule is CCC(C)CC(OC=O)C(C)C. The molecular formula is C10H20O2. The second-order valence-corrected chi connectivity index (χ2v) is 3.76. The van der Waals surface area contributed by atoms with Crippen LogP contribution < -0.4 is 0 Å². The first-order valence-corrected chi connectivity index (χ1v) is 4.70. The Balaban J connectivity index is 3.85. The van der Waals surface area contributed by atoms with Gasteiger partial charge in [-0.25, -0.2) is 0 Å². The zero-order valence-corrected chi connectivity index (χ0v) is 8.54. The van der Waals surface area contributed by atoms with E-state index in [2.05, 4.69) is 27.7 Å². The van der Waals surface area contributed by atoms with Crippen molar-refractivity contribution in [1.82, 2.24) is 0 Å². The highest BCUT2D eigenvalue weighted by Gasteiger charge is 2.16. The first-order valence-electron chi connectivity index (χ1n) is 4.70. The van der Waals surface area contributed by atoms with Gasteiger partial charge in [-0.1, -0.05) is 34.1 Å². The Morgan fingerprint density at radius 1 is 1.33 bits per heavy atom. The Bertz CT molecular complexity index is 121. The molecule has 2 heteroatoms. The Morgan fingerprint density at radius 3 is 2.25 bits per heavy atom. The largest absolute Gasteiger partial charge is 0.464 e. The smallest absolute Gasteiger partial charge is 0.293 e. The molecular weight excluding hydrogens is 152 g/mol. The van der Waals surface area contributed by atoms with Crippen LogP contribution in [0.2, 0.25) is 0 Å². The molecule has 12 heavy (non-hydrogen) atoms. The van der Waals surface area contributed by atoms with E-state index >= 15 is 0 Å². The first kappa shape index (κ1) is 11.5. The van der Waals surface area contributed by atoms with Crippen molar-refractivity contribution >= 4 is 6.47 Å². The normalized spacial score (nSPS) is 15.8. The summed E-state index contributed by atoms with van der Waals surface area (Å²) in [4.78, 5) is 10.2. The monoisotopic (exact) mass is 172 g/mol. The number of hydrogen-bond acceptors (Lipinski definition) is 2. The van der Waals surface area contributed by atoms with Crippen molar-refractivity contribution < 1.29 is 9.53 Å². The summed E-state index contributed by atoms with van der Waals surface area (Å²) in [6, 6.07) is 0. The van der Waals surface area contributed by atoms with Crippen molar-refractivity contribution in [3.63, 3.8) is 0 Å². The van der Waals surface area contributed by atoms with Gasteiger partial charge in [0.2, 0.25) is 0 Å². The molecule has 0 heterocycles. The molecule has 72 valence electrons. The molecule has 0 fully saturated rings. The van der Waals surface area contributed by atoms with Crippen LogP contribution in [0.15, 0.2) is 0 Å². The van der Waals surface area contributed by atoms with Gasteiger partial charge in [-0.3, -0.25) is 4.79 Å². The van der Waals surface area contributed by atoms with Crippen LogP contribution >= 0.6 is 0 Å². The molecule has 0 saturated heterocycles. The minimum Gasteiger partial charge on any atom is -0.464 e. The predicted octanol–water partition coefficient (Wildman–Crippen LogP) is 2.62. The van der Waals surface area contributed by atoms with Gasteiger partial charge in [0.25, 0.3) is 6.47 Å². The Morgan fingerprint density at radius 2 is 1.92 bits per heavy atom. The predicted molar refractivity (Wildman–Crippen MR) is 49.8 cm³/mol. The highest BCUT2D eigenvalue weighted by Crippen LogP contribution is 2.17. The Kier molecular flexibility index (Phi) is 5.77. The summed E-state index contributed by atoms with van der Waals surface area (Å²) in [5, 5.41) is 0. The van der Waals surface area contributed by atoms with Crippen LogP contribution in [-0.2, 0) is 9.53 Å². The van der Waals surface area contributed by atoms with Gasteiger partial charge in [-0.05, 0) is 18.3 Å². The molecule has 0 rings (SSSR count). The van der Waals surface area contributed by atoms with Gasteiger partial charge in [0.05, 0.1) is 0 Å². The molecule has 0 amide bonds. The summed E-state index contributed by atoms with van der Waals surface area (Å²) in [5.41, 5.74) is 0. The number of carbonyl (C=O) groups is 1. The molecule has 0 N–H and O–H groups in total. The van der Waals surface area contributed by atoms with Gasteiger partial charge in [-0.15, -0.1) is 0 Å². The van der Waals surface area contributed by atoms with Crippen LogP contribution in [-0.4, -0.2) is 12.6 Å². The molecule has 0 aromatic rings. The maximum atomic E-state index is 10.2. The fourth-order valence-electron chi connectivity index (χ4n) is 1.12. The summed E-state index contributed by atoms with van der Waals surface area (Å²) >= 11 is 0. The summed E-state index contributed by atoms with van der Waals surface area (Å²) in [6.07, 6.45) is 2.22. The van der Waals surface area contributed by atoms with E-state index in [1.54, 1.807) is 0 Å². The molecule has 0 aromatic heterocycles. The maximum Gasteiger partial charge on any atom is 0.293 e. The van der Waals surface area contributed by atoms with E-state index < -0.39 is 0 Å². The average molecular weight is 172 g/mol. The van der Waals surface area contributed by atoms with Gasteiger partial charge in [0.1, 0.15) is 6.10 Å². The fourth-order valence-corrected chi connectivity index (χ4v) is 1.12. The summed E-state index contributed by atoms with van der Waals surface area (Å²) in [7, 11) is 0. The number of ether oxygens (including phenoxy) is 1. The second-order valence-electron chi connectivity index (χ2n) is 3.76. The van der Waals surface area contributed by atoms with Crippen molar-refractivity contribution in [2.75, 3.05) is 0 Å². The topological polar surface area (TPSA) is 26.3 Å². The molecule has 2 nitrogen and oxygen atoms in total. The van der Waals surface area contributed by atoms with Crippen LogP contribution in [0.1, 0.15) is 40.5 Å². The molecule has 2 atom stereocenters. The lowest BCUT2D eigenvalue weighted by atomic mass is 9.94. The first-order chi connectivity index (χ1) is 5.61. The maximum absolute atomic E-state index is 10.2. The standard InChI is InChI=1S/C10H20O2/c1-5-9(4)6-10(8(2)3)12-7-11/h7-10H,5-6H2,1-4H3. The van der Waals surface area contributed by atoms with E-state index in [1.165, 1.54) is 0 Å². The van der Waals surface area contributed by atoms with Crippen molar-refractivity contribution in [2.24, 2.45) is 11.8 Å². The van der Waals surface area contributed by atoms with Crippen molar-refractivity contribution in [1.29, 1.82) is 0 Å². The molecule has 0 aliphatic rings. The third-order valence-electron chi connectivity index (χ3n) is 2.31. The van der Waals surface area contributed by atoms with E-state index in [1.807, 2.05) is 0 Å². The highest BCUT2D eigenvalue weighted by molar-refractivity contribution is 5.37. The van der Waals surface area contributed by atoms with Crippen LogP contribution in [0.4, 0.5) is 0 Å². The van der Waals surface area contributed by atoms with E-state index in [9.17, 15) is 4.79 Å². The average Bonchev–Trinajstić information content (AvgIpc) is 2.03. The van der Waals surface area contributed by atoms with E-state index in [4.69, 9.17) is 4.74 Å². The summed E-state index contributed by atoms with van der Waals surface area (Å²) < 4.78 is 5.00. The lowest BCUT2D eigenvalue weighted by Crippen LogP contribution is -2.21. The van der Waals surface area contributed by atoms with Crippen molar-refractivity contribution in [2.45, 2.75) is 46.6 Å². The minimum absolute atomic E-state index is 0.0949. The van der Waals surface area contributed by atoms with Crippen LogP contribution in [0.25, 0.3) is 0 Å². The van der Waals surface area contributed by atoms with Crippen LogP contribution in [0.5, 0.6) is 0 Å². The third kappa shape index (κ3) is 4.37. The summed E-state index contributed by atoms with van der Waals surface area (Å²) in [5.74, 6) is 1.06. The number of rotatable bonds is 6. The molecule has 0 spiro atoms. The van der Waals surface area contributed by atoms with Crippen molar-refractivity contribution in [3.05, 3.63) is 0 Å².